The van der Waals surface area contributed by atoms with Crippen molar-refractivity contribution < 1.29 is 5.11 Å². The lowest BCUT2D eigenvalue weighted by atomic mass is 9.99. The van der Waals surface area contributed by atoms with Crippen molar-refractivity contribution in [3.05, 3.63) is 42.2 Å². The van der Waals surface area contributed by atoms with Crippen LogP contribution in [0.3, 0.4) is 0 Å². The summed E-state index contributed by atoms with van der Waals surface area (Å²) < 4.78 is 0. The number of rotatable bonds is 4. The first kappa shape index (κ1) is 13.3. The molecule has 5 heteroatoms. The van der Waals surface area contributed by atoms with E-state index in [4.69, 9.17) is 5.11 Å². The Morgan fingerprint density at radius 2 is 2.05 bits per heavy atom. The number of para-hydroxylation sites is 1. The van der Waals surface area contributed by atoms with Crippen molar-refractivity contribution in [3.8, 4) is 11.1 Å². The second-order valence-corrected chi connectivity index (χ2v) is 5.69. The maximum atomic E-state index is 9.03. The van der Waals surface area contributed by atoms with Gasteiger partial charge in [0.05, 0.1) is 12.2 Å². The number of aliphatic hydroxyl groups excluding tert-OH is 1. The molecule has 0 amide bonds. The van der Waals surface area contributed by atoms with Gasteiger partial charge in [-0.1, -0.05) is 18.2 Å². The standard InChI is InChI=1S/C17H18N4O/c22-8-4-3-7-15-13-9-18-17-16(13)12(10-19-21-17)11-5-1-2-6-14(11)20-15/h1-2,5-6,9-10,15,20,22H,3-4,7-8H2,(H,18,21). The van der Waals surface area contributed by atoms with Crippen LogP contribution in [0.25, 0.3) is 22.2 Å². The van der Waals surface area contributed by atoms with Crippen LogP contribution in [0.2, 0.25) is 0 Å². The monoisotopic (exact) mass is 294 g/mol. The summed E-state index contributed by atoms with van der Waals surface area (Å²) in [6.07, 6.45) is 6.66. The Bertz CT molecular complexity index is 811. The van der Waals surface area contributed by atoms with E-state index < -0.39 is 0 Å². The van der Waals surface area contributed by atoms with Crippen molar-refractivity contribution in [2.45, 2.75) is 25.3 Å². The van der Waals surface area contributed by atoms with Gasteiger partial charge in [-0.3, -0.25) is 0 Å². The van der Waals surface area contributed by atoms with Gasteiger partial charge in [-0.2, -0.15) is 5.10 Å². The van der Waals surface area contributed by atoms with Crippen LogP contribution in [0.15, 0.2) is 36.7 Å². The zero-order valence-corrected chi connectivity index (χ0v) is 12.2. The largest absolute Gasteiger partial charge is 0.396 e. The molecule has 3 aromatic rings. The Morgan fingerprint density at radius 3 is 2.95 bits per heavy atom. The molecule has 1 aliphatic heterocycles. The predicted molar refractivity (Wildman–Crippen MR) is 86.6 cm³/mol. The lowest BCUT2D eigenvalue weighted by Gasteiger charge is -2.18. The van der Waals surface area contributed by atoms with Gasteiger partial charge in [-0.25, -0.2) is 0 Å². The molecular formula is C17H18N4O. The van der Waals surface area contributed by atoms with Gasteiger partial charge in [0.25, 0.3) is 0 Å². The molecule has 0 aliphatic carbocycles. The van der Waals surface area contributed by atoms with Crippen LogP contribution >= 0.6 is 0 Å². The van der Waals surface area contributed by atoms with Gasteiger partial charge in [0.2, 0.25) is 0 Å². The molecule has 0 bridgehead atoms. The van der Waals surface area contributed by atoms with Crippen molar-refractivity contribution in [1.29, 1.82) is 0 Å². The summed E-state index contributed by atoms with van der Waals surface area (Å²) in [5.74, 6) is 0. The maximum absolute atomic E-state index is 9.03. The predicted octanol–water partition coefficient (Wildman–Crippen LogP) is 3.25. The van der Waals surface area contributed by atoms with E-state index in [1.54, 1.807) is 0 Å². The Hall–Kier alpha value is -2.40. The van der Waals surface area contributed by atoms with E-state index in [9.17, 15) is 0 Å². The molecule has 1 atom stereocenters. The van der Waals surface area contributed by atoms with E-state index in [0.717, 1.165) is 47.1 Å². The average molecular weight is 294 g/mol. The lowest BCUT2D eigenvalue weighted by molar-refractivity contribution is 0.282. The van der Waals surface area contributed by atoms with Crippen molar-refractivity contribution in [3.63, 3.8) is 0 Å². The molecule has 1 aromatic carbocycles. The smallest absolute Gasteiger partial charge is 0.160 e. The number of aromatic amines is 1. The van der Waals surface area contributed by atoms with E-state index in [1.807, 2.05) is 24.5 Å². The number of aromatic nitrogens is 3. The number of nitrogens with one attached hydrogen (secondary N) is 2. The molecule has 0 saturated heterocycles. The molecule has 112 valence electrons. The second-order valence-electron chi connectivity index (χ2n) is 5.69. The number of hydrogen-bond acceptors (Lipinski definition) is 4. The molecule has 0 radical (unpaired) electrons. The number of anilines is 1. The van der Waals surface area contributed by atoms with Crippen LogP contribution in [0.1, 0.15) is 30.9 Å². The summed E-state index contributed by atoms with van der Waals surface area (Å²) in [6, 6.07) is 8.53. The highest BCUT2D eigenvalue weighted by Gasteiger charge is 2.24. The number of aliphatic hydroxyl groups is 1. The summed E-state index contributed by atoms with van der Waals surface area (Å²) in [6.45, 7) is 0.244. The van der Waals surface area contributed by atoms with Gasteiger partial charge in [-0.05, 0) is 25.3 Å². The molecule has 5 nitrogen and oxygen atoms in total. The van der Waals surface area contributed by atoms with Crippen molar-refractivity contribution >= 4 is 16.7 Å². The van der Waals surface area contributed by atoms with Crippen LogP contribution in [0.4, 0.5) is 5.69 Å². The first-order valence-electron chi connectivity index (χ1n) is 7.68. The van der Waals surface area contributed by atoms with Crippen molar-refractivity contribution in [2.24, 2.45) is 0 Å². The average Bonchev–Trinajstić information content (AvgIpc) is 2.93. The molecule has 22 heavy (non-hydrogen) atoms. The molecule has 4 rings (SSSR count). The van der Waals surface area contributed by atoms with Gasteiger partial charge in [0.15, 0.2) is 5.65 Å². The third-order valence-electron chi connectivity index (χ3n) is 4.33. The summed E-state index contributed by atoms with van der Waals surface area (Å²) >= 11 is 0. The third-order valence-corrected chi connectivity index (χ3v) is 4.33. The summed E-state index contributed by atoms with van der Waals surface area (Å²) in [5, 5.41) is 22.2. The summed E-state index contributed by atoms with van der Waals surface area (Å²) in [4.78, 5) is 3.24. The minimum Gasteiger partial charge on any atom is -0.396 e. The fraction of sp³-hybridized carbons (Fsp3) is 0.294. The van der Waals surface area contributed by atoms with Crippen LogP contribution in [-0.2, 0) is 0 Å². The topological polar surface area (TPSA) is 73.8 Å². The Kier molecular flexibility index (Phi) is 3.27. The highest BCUT2D eigenvalue weighted by Crippen LogP contribution is 2.42. The van der Waals surface area contributed by atoms with Crippen molar-refractivity contribution in [1.82, 2.24) is 15.2 Å². The maximum Gasteiger partial charge on any atom is 0.160 e. The van der Waals surface area contributed by atoms with E-state index in [2.05, 4.69) is 32.6 Å². The molecule has 2 aromatic heterocycles. The van der Waals surface area contributed by atoms with Gasteiger partial charge in [0.1, 0.15) is 0 Å². The second kappa shape index (κ2) is 5.42. The first-order valence-corrected chi connectivity index (χ1v) is 7.68. The van der Waals surface area contributed by atoms with Crippen LogP contribution in [-0.4, -0.2) is 26.9 Å². The van der Waals surface area contributed by atoms with Gasteiger partial charge >= 0.3 is 0 Å². The van der Waals surface area contributed by atoms with Crippen LogP contribution < -0.4 is 5.32 Å². The summed E-state index contributed by atoms with van der Waals surface area (Å²) in [5.41, 5.74) is 5.47. The zero-order chi connectivity index (χ0) is 14.9. The van der Waals surface area contributed by atoms with E-state index >= 15 is 0 Å². The van der Waals surface area contributed by atoms with Gasteiger partial charge in [0, 0.05) is 40.6 Å². The highest BCUT2D eigenvalue weighted by atomic mass is 16.2. The number of hydrogen-bond donors (Lipinski definition) is 3. The van der Waals surface area contributed by atoms with Gasteiger partial charge < -0.3 is 15.4 Å². The zero-order valence-electron chi connectivity index (χ0n) is 12.2. The van der Waals surface area contributed by atoms with Crippen LogP contribution in [0, 0.1) is 0 Å². The number of H-pyrrole nitrogens is 1. The quantitative estimate of drug-likeness (QED) is 0.646. The molecule has 3 heterocycles. The molecule has 1 unspecified atom stereocenters. The molecule has 1 aliphatic rings. The van der Waals surface area contributed by atoms with E-state index in [1.165, 1.54) is 5.56 Å². The molecule has 3 N–H and O–H groups in total. The van der Waals surface area contributed by atoms with Crippen molar-refractivity contribution in [2.75, 3.05) is 11.9 Å². The normalized spacial score (nSPS) is 16.1. The Balaban J connectivity index is 1.88. The molecule has 0 fully saturated rings. The number of fused-ring (bicyclic) bond motifs is 2. The molecule has 0 saturated carbocycles. The minimum atomic E-state index is 0.215. The summed E-state index contributed by atoms with van der Waals surface area (Å²) in [7, 11) is 0. The lowest BCUT2D eigenvalue weighted by Crippen LogP contribution is -2.10. The Morgan fingerprint density at radius 1 is 1.14 bits per heavy atom. The third kappa shape index (κ3) is 2.05. The fourth-order valence-corrected chi connectivity index (χ4v) is 3.27. The number of unbranched alkanes of at least 4 members (excludes halogenated alkanes) is 1. The SMILES string of the molecule is OCCCCC1Nc2ccccc2-c2cnnc3[nH]cc1c23. The molecular weight excluding hydrogens is 276 g/mol. The molecule has 0 spiro atoms. The van der Waals surface area contributed by atoms with E-state index in [-0.39, 0.29) is 12.6 Å². The number of benzene rings is 1. The fourth-order valence-electron chi connectivity index (χ4n) is 3.27. The minimum absolute atomic E-state index is 0.215. The first-order chi connectivity index (χ1) is 10.9. The number of nitrogens with zero attached hydrogens (tertiary/aromatic N) is 2. The van der Waals surface area contributed by atoms with E-state index in [0.29, 0.717) is 0 Å². The Labute approximate surface area is 128 Å². The highest BCUT2D eigenvalue weighted by molar-refractivity contribution is 6.00. The van der Waals surface area contributed by atoms with Crippen LogP contribution in [0.5, 0.6) is 0 Å². The van der Waals surface area contributed by atoms with Gasteiger partial charge in [-0.15, -0.1) is 5.10 Å².